The first-order valence-corrected chi connectivity index (χ1v) is 7.54. The van der Waals surface area contributed by atoms with Crippen LogP contribution in [0.5, 0.6) is 0 Å². The Morgan fingerprint density at radius 3 is 2.84 bits per heavy atom. The van der Waals surface area contributed by atoms with Crippen LogP contribution in [-0.4, -0.2) is 17.8 Å². The second-order valence-corrected chi connectivity index (χ2v) is 6.47. The summed E-state index contributed by atoms with van der Waals surface area (Å²) in [4.78, 5) is 0. The summed E-state index contributed by atoms with van der Waals surface area (Å²) in [6.45, 7) is 7.46. The molecule has 2 atom stereocenters. The predicted octanol–water partition coefficient (Wildman–Crippen LogP) is 3.45. The van der Waals surface area contributed by atoms with E-state index in [-0.39, 0.29) is 11.5 Å². The minimum Gasteiger partial charge on any atom is -0.392 e. The summed E-state index contributed by atoms with van der Waals surface area (Å²) in [6, 6.07) is 9.07. The van der Waals surface area contributed by atoms with Gasteiger partial charge in [-0.1, -0.05) is 51.5 Å². The third kappa shape index (κ3) is 3.37. The first-order chi connectivity index (χ1) is 9.04. The molecule has 2 unspecified atom stereocenters. The van der Waals surface area contributed by atoms with E-state index < -0.39 is 0 Å². The number of aryl methyl sites for hydroxylation is 1. The molecule has 1 aliphatic rings. The van der Waals surface area contributed by atoms with E-state index in [0.717, 1.165) is 12.8 Å². The predicted molar refractivity (Wildman–Crippen MR) is 80.2 cm³/mol. The lowest BCUT2D eigenvalue weighted by Crippen LogP contribution is -2.41. The fourth-order valence-electron chi connectivity index (χ4n) is 3.14. The van der Waals surface area contributed by atoms with Crippen LogP contribution in [0.3, 0.4) is 0 Å². The molecule has 0 radical (unpaired) electrons. The van der Waals surface area contributed by atoms with E-state index in [0.29, 0.717) is 12.6 Å². The molecule has 19 heavy (non-hydrogen) atoms. The Hall–Kier alpha value is -0.860. The summed E-state index contributed by atoms with van der Waals surface area (Å²) >= 11 is 0. The van der Waals surface area contributed by atoms with Crippen molar-refractivity contribution in [3.8, 4) is 0 Å². The van der Waals surface area contributed by atoms with Crippen molar-refractivity contribution in [3.05, 3.63) is 35.4 Å². The molecule has 0 spiro atoms. The van der Waals surface area contributed by atoms with Gasteiger partial charge in [-0.3, -0.25) is 0 Å². The molecule has 0 aromatic heterocycles. The van der Waals surface area contributed by atoms with Crippen LogP contribution in [0.4, 0.5) is 0 Å². The number of benzene rings is 1. The number of nitrogens with one attached hydrogen (secondary N) is 1. The molecule has 2 N–H and O–H groups in total. The third-order valence-corrected chi connectivity index (χ3v) is 4.37. The summed E-state index contributed by atoms with van der Waals surface area (Å²) in [5.74, 6) is 0. The van der Waals surface area contributed by atoms with Gasteiger partial charge < -0.3 is 10.4 Å². The molecule has 0 fully saturated rings. The molecule has 106 valence electrons. The van der Waals surface area contributed by atoms with Crippen molar-refractivity contribution in [1.82, 2.24) is 5.32 Å². The summed E-state index contributed by atoms with van der Waals surface area (Å²) in [5, 5.41) is 13.5. The monoisotopic (exact) mass is 261 g/mol. The van der Waals surface area contributed by atoms with Gasteiger partial charge in [0.15, 0.2) is 0 Å². The van der Waals surface area contributed by atoms with Crippen molar-refractivity contribution in [3.63, 3.8) is 0 Å². The van der Waals surface area contributed by atoms with Gasteiger partial charge >= 0.3 is 0 Å². The molecular weight excluding hydrogens is 234 g/mol. The lowest BCUT2D eigenvalue weighted by molar-refractivity contribution is 0.134. The van der Waals surface area contributed by atoms with Crippen molar-refractivity contribution < 1.29 is 5.11 Å². The highest BCUT2D eigenvalue weighted by Gasteiger charge is 2.35. The summed E-state index contributed by atoms with van der Waals surface area (Å²) in [5.41, 5.74) is 3.13. The SMILES string of the molecule is CCCC(O)CNC1c2ccccc2CCC1(C)C. The Balaban J connectivity index is 2.12. The maximum atomic E-state index is 9.94. The number of rotatable bonds is 5. The van der Waals surface area contributed by atoms with Gasteiger partial charge in [-0.25, -0.2) is 0 Å². The van der Waals surface area contributed by atoms with E-state index in [2.05, 4.69) is 50.4 Å². The minimum atomic E-state index is -0.227. The topological polar surface area (TPSA) is 32.3 Å². The van der Waals surface area contributed by atoms with Gasteiger partial charge in [0.2, 0.25) is 0 Å². The Kier molecular flexibility index (Phi) is 4.64. The number of aliphatic hydroxyl groups is 1. The molecule has 2 heteroatoms. The van der Waals surface area contributed by atoms with Gasteiger partial charge in [0.05, 0.1) is 6.10 Å². The van der Waals surface area contributed by atoms with Gasteiger partial charge in [0, 0.05) is 12.6 Å². The van der Waals surface area contributed by atoms with Gasteiger partial charge in [-0.05, 0) is 35.8 Å². The van der Waals surface area contributed by atoms with Crippen molar-refractivity contribution in [2.45, 2.75) is 58.6 Å². The number of hydrogen-bond acceptors (Lipinski definition) is 2. The van der Waals surface area contributed by atoms with E-state index in [1.807, 2.05) is 0 Å². The molecule has 0 bridgehead atoms. The van der Waals surface area contributed by atoms with Crippen molar-refractivity contribution in [2.24, 2.45) is 5.41 Å². The average molecular weight is 261 g/mol. The Morgan fingerprint density at radius 1 is 1.37 bits per heavy atom. The quantitative estimate of drug-likeness (QED) is 0.851. The normalized spacial score (nSPS) is 22.8. The lowest BCUT2D eigenvalue weighted by atomic mass is 9.70. The molecule has 1 aromatic rings. The maximum absolute atomic E-state index is 9.94. The molecule has 2 nitrogen and oxygen atoms in total. The van der Waals surface area contributed by atoms with E-state index in [1.54, 1.807) is 0 Å². The van der Waals surface area contributed by atoms with Crippen molar-refractivity contribution in [2.75, 3.05) is 6.54 Å². The second kappa shape index (κ2) is 6.06. The van der Waals surface area contributed by atoms with Crippen molar-refractivity contribution in [1.29, 1.82) is 0 Å². The second-order valence-electron chi connectivity index (χ2n) is 6.47. The van der Waals surface area contributed by atoms with Crippen LogP contribution in [0.15, 0.2) is 24.3 Å². The van der Waals surface area contributed by atoms with E-state index in [4.69, 9.17) is 0 Å². The fraction of sp³-hybridized carbons (Fsp3) is 0.647. The molecule has 0 saturated carbocycles. The maximum Gasteiger partial charge on any atom is 0.0664 e. The van der Waals surface area contributed by atoms with E-state index in [9.17, 15) is 5.11 Å². The van der Waals surface area contributed by atoms with E-state index >= 15 is 0 Å². The van der Waals surface area contributed by atoms with Crippen LogP contribution < -0.4 is 5.32 Å². The fourth-order valence-corrected chi connectivity index (χ4v) is 3.14. The Morgan fingerprint density at radius 2 is 2.11 bits per heavy atom. The summed E-state index contributed by atoms with van der Waals surface area (Å²) < 4.78 is 0. The van der Waals surface area contributed by atoms with Gasteiger partial charge in [-0.15, -0.1) is 0 Å². The van der Waals surface area contributed by atoms with Crippen LogP contribution >= 0.6 is 0 Å². The lowest BCUT2D eigenvalue weighted by Gasteiger charge is -2.41. The number of fused-ring (bicyclic) bond motifs is 1. The van der Waals surface area contributed by atoms with E-state index in [1.165, 1.54) is 24.0 Å². The standard InChI is InChI=1S/C17H27NO/c1-4-7-14(19)12-18-16-15-9-6-5-8-13(15)10-11-17(16,2)3/h5-6,8-9,14,16,18-19H,4,7,10-12H2,1-3H3. The van der Waals surface area contributed by atoms with Gasteiger partial charge in [0.1, 0.15) is 0 Å². The molecule has 0 heterocycles. The highest BCUT2D eigenvalue weighted by molar-refractivity contribution is 5.34. The number of hydrogen-bond donors (Lipinski definition) is 2. The summed E-state index contributed by atoms with van der Waals surface area (Å²) in [7, 11) is 0. The number of aliphatic hydroxyl groups excluding tert-OH is 1. The minimum absolute atomic E-state index is 0.227. The molecule has 1 aliphatic carbocycles. The largest absolute Gasteiger partial charge is 0.392 e. The molecule has 0 saturated heterocycles. The average Bonchev–Trinajstić information content (AvgIpc) is 2.37. The highest BCUT2D eigenvalue weighted by Crippen LogP contribution is 2.43. The van der Waals surface area contributed by atoms with Gasteiger partial charge in [-0.2, -0.15) is 0 Å². The molecule has 2 rings (SSSR count). The Bertz CT molecular complexity index is 413. The van der Waals surface area contributed by atoms with Crippen LogP contribution in [-0.2, 0) is 6.42 Å². The third-order valence-electron chi connectivity index (χ3n) is 4.37. The first kappa shape index (κ1) is 14.5. The molecule has 1 aromatic carbocycles. The zero-order valence-corrected chi connectivity index (χ0v) is 12.4. The smallest absolute Gasteiger partial charge is 0.0664 e. The molecule has 0 aliphatic heterocycles. The van der Waals surface area contributed by atoms with Gasteiger partial charge in [0.25, 0.3) is 0 Å². The van der Waals surface area contributed by atoms with Crippen LogP contribution in [0.1, 0.15) is 57.2 Å². The van der Waals surface area contributed by atoms with Crippen LogP contribution in [0.25, 0.3) is 0 Å². The zero-order valence-electron chi connectivity index (χ0n) is 12.4. The van der Waals surface area contributed by atoms with Crippen LogP contribution in [0.2, 0.25) is 0 Å². The molecule has 0 amide bonds. The first-order valence-electron chi connectivity index (χ1n) is 7.54. The van der Waals surface area contributed by atoms with Crippen molar-refractivity contribution >= 4 is 0 Å². The van der Waals surface area contributed by atoms with Crippen LogP contribution in [0, 0.1) is 5.41 Å². The Labute approximate surface area is 117 Å². The highest BCUT2D eigenvalue weighted by atomic mass is 16.3. The molecular formula is C17H27NO. The zero-order chi connectivity index (χ0) is 13.9. The summed E-state index contributed by atoms with van der Waals surface area (Å²) in [6.07, 6.45) is 4.05.